The lowest BCUT2D eigenvalue weighted by Gasteiger charge is -2.27. The third kappa shape index (κ3) is 5.99. The predicted molar refractivity (Wildman–Crippen MR) is 95.8 cm³/mol. The standard InChI is InChI=1S/C18H29N3O4/c1-10-13-11(2)19-14(20-12(13)3)21(15(22)24-17(4,5)6)16(23)25-18(7,8)9/h10H2,1-9H3. The van der Waals surface area contributed by atoms with Gasteiger partial charge in [0.05, 0.1) is 0 Å². The van der Waals surface area contributed by atoms with Crippen LogP contribution in [0.4, 0.5) is 15.5 Å². The first-order valence-corrected chi connectivity index (χ1v) is 8.35. The highest BCUT2D eigenvalue weighted by Crippen LogP contribution is 2.21. The van der Waals surface area contributed by atoms with Gasteiger partial charge in [-0.1, -0.05) is 6.92 Å². The lowest BCUT2D eigenvalue weighted by atomic mass is 10.1. The van der Waals surface area contributed by atoms with Crippen molar-refractivity contribution in [2.45, 2.75) is 79.9 Å². The van der Waals surface area contributed by atoms with Crippen molar-refractivity contribution in [1.29, 1.82) is 0 Å². The molecule has 0 saturated carbocycles. The number of amides is 2. The molecule has 1 heterocycles. The largest absolute Gasteiger partial charge is 0.443 e. The van der Waals surface area contributed by atoms with Crippen molar-refractivity contribution < 1.29 is 19.1 Å². The molecule has 0 aliphatic carbocycles. The van der Waals surface area contributed by atoms with Crippen molar-refractivity contribution in [1.82, 2.24) is 9.97 Å². The summed E-state index contributed by atoms with van der Waals surface area (Å²) in [5, 5.41) is 0. The minimum Gasteiger partial charge on any atom is -0.443 e. The molecular formula is C18H29N3O4. The first-order valence-electron chi connectivity index (χ1n) is 8.35. The summed E-state index contributed by atoms with van der Waals surface area (Å²) in [5.74, 6) is -0.0456. The van der Waals surface area contributed by atoms with Gasteiger partial charge in [-0.25, -0.2) is 19.6 Å². The van der Waals surface area contributed by atoms with Crippen LogP contribution in [-0.2, 0) is 15.9 Å². The Bertz CT molecular complexity index is 606. The van der Waals surface area contributed by atoms with Crippen LogP contribution < -0.4 is 4.90 Å². The van der Waals surface area contributed by atoms with Crippen LogP contribution in [0.1, 0.15) is 65.4 Å². The van der Waals surface area contributed by atoms with Crippen LogP contribution in [-0.4, -0.2) is 33.4 Å². The average molecular weight is 351 g/mol. The lowest BCUT2D eigenvalue weighted by molar-refractivity contribution is 0.0427. The van der Waals surface area contributed by atoms with Gasteiger partial charge in [-0.15, -0.1) is 4.90 Å². The topological polar surface area (TPSA) is 81.6 Å². The Labute approximate surface area is 149 Å². The molecule has 0 aliphatic rings. The zero-order valence-electron chi connectivity index (χ0n) is 16.7. The molecule has 0 saturated heterocycles. The Morgan fingerprint density at radius 1 is 0.880 bits per heavy atom. The normalized spacial score (nSPS) is 11.9. The van der Waals surface area contributed by atoms with Crippen molar-refractivity contribution in [2.75, 3.05) is 4.90 Å². The Balaban J connectivity index is 3.36. The predicted octanol–water partition coefficient (Wildman–Crippen LogP) is 4.33. The molecule has 1 aromatic rings. The highest BCUT2D eigenvalue weighted by atomic mass is 16.6. The van der Waals surface area contributed by atoms with Crippen LogP contribution in [0.5, 0.6) is 0 Å². The molecule has 7 nitrogen and oxygen atoms in total. The van der Waals surface area contributed by atoms with Gasteiger partial charge in [0.25, 0.3) is 0 Å². The van der Waals surface area contributed by atoms with E-state index in [1.807, 2.05) is 20.8 Å². The molecular weight excluding hydrogens is 322 g/mol. The van der Waals surface area contributed by atoms with E-state index in [-0.39, 0.29) is 5.95 Å². The highest BCUT2D eigenvalue weighted by molar-refractivity contribution is 6.08. The van der Waals surface area contributed by atoms with E-state index < -0.39 is 23.4 Å². The lowest BCUT2D eigenvalue weighted by Crippen LogP contribution is -2.44. The molecule has 140 valence electrons. The second-order valence-electron chi connectivity index (χ2n) is 7.82. The molecule has 1 rings (SSSR count). The van der Waals surface area contributed by atoms with E-state index in [9.17, 15) is 9.59 Å². The zero-order chi connectivity index (χ0) is 19.6. The van der Waals surface area contributed by atoms with Gasteiger partial charge in [-0.2, -0.15) is 0 Å². The third-order valence-corrected chi connectivity index (χ3v) is 3.11. The number of aryl methyl sites for hydroxylation is 2. The van der Waals surface area contributed by atoms with Crippen molar-refractivity contribution in [3.05, 3.63) is 17.0 Å². The molecule has 25 heavy (non-hydrogen) atoms. The Morgan fingerprint density at radius 2 is 1.24 bits per heavy atom. The molecule has 0 bridgehead atoms. The molecule has 0 unspecified atom stereocenters. The van der Waals surface area contributed by atoms with Crippen molar-refractivity contribution in [2.24, 2.45) is 0 Å². The van der Waals surface area contributed by atoms with Gasteiger partial charge in [0, 0.05) is 11.4 Å². The maximum atomic E-state index is 12.6. The summed E-state index contributed by atoms with van der Waals surface area (Å²) >= 11 is 0. The molecule has 0 spiro atoms. The van der Waals surface area contributed by atoms with Crippen LogP contribution in [0.3, 0.4) is 0 Å². The number of nitrogens with zero attached hydrogens (tertiary/aromatic N) is 3. The number of aromatic nitrogens is 2. The van der Waals surface area contributed by atoms with Crippen LogP contribution in [0.2, 0.25) is 0 Å². The molecule has 0 atom stereocenters. The molecule has 2 amide bonds. The summed E-state index contributed by atoms with van der Waals surface area (Å²) in [6, 6.07) is 0. The first kappa shape index (κ1) is 20.9. The van der Waals surface area contributed by atoms with E-state index in [1.165, 1.54) is 0 Å². The molecule has 0 aliphatic heterocycles. The smallest absolute Gasteiger partial charge is 0.427 e. The Hall–Kier alpha value is -2.18. The van der Waals surface area contributed by atoms with Crippen LogP contribution in [0, 0.1) is 13.8 Å². The van der Waals surface area contributed by atoms with Gasteiger partial charge in [0.15, 0.2) is 0 Å². The molecule has 7 heteroatoms. The number of anilines is 1. The van der Waals surface area contributed by atoms with Gasteiger partial charge >= 0.3 is 12.2 Å². The molecule has 0 fully saturated rings. The Morgan fingerprint density at radius 3 is 1.52 bits per heavy atom. The summed E-state index contributed by atoms with van der Waals surface area (Å²) in [7, 11) is 0. The molecule has 1 aromatic heterocycles. The summed E-state index contributed by atoms with van der Waals surface area (Å²) in [6.07, 6.45) is -0.980. The minimum absolute atomic E-state index is 0.0456. The first-order chi connectivity index (χ1) is 11.2. The van der Waals surface area contributed by atoms with Gasteiger partial charge in [-0.05, 0) is 67.4 Å². The van der Waals surface area contributed by atoms with Gasteiger partial charge < -0.3 is 9.47 Å². The van der Waals surface area contributed by atoms with Crippen LogP contribution in [0.15, 0.2) is 0 Å². The fourth-order valence-corrected chi connectivity index (χ4v) is 2.19. The highest BCUT2D eigenvalue weighted by Gasteiger charge is 2.35. The van der Waals surface area contributed by atoms with Crippen molar-refractivity contribution >= 4 is 18.1 Å². The van der Waals surface area contributed by atoms with E-state index in [4.69, 9.17) is 9.47 Å². The fourth-order valence-electron chi connectivity index (χ4n) is 2.19. The minimum atomic E-state index is -0.871. The number of hydrogen-bond acceptors (Lipinski definition) is 6. The number of rotatable bonds is 2. The fraction of sp³-hybridized carbons (Fsp3) is 0.667. The van der Waals surface area contributed by atoms with E-state index in [2.05, 4.69) is 9.97 Å². The molecule has 0 aromatic carbocycles. The summed E-state index contributed by atoms with van der Waals surface area (Å²) in [4.78, 5) is 34.6. The number of imide groups is 1. The van der Waals surface area contributed by atoms with Crippen molar-refractivity contribution in [3.8, 4) is 0 Å². The molecule has 0 radical (unpaired) electrons. The molecule has 0 N–H and O–H groups in total. The average Bonchev–Trinajstić information content (AvgIpc) is 2.33. The number of hydrogen-bond donors (Lipinski definition) is 0. The van der Waals surface area contributed by atoms with Gasteiger partial charge in [0.1, 0.15) is 11.2 Å². The SMILES string of the molecule is CCc1c(C)nc(N(C(=O)OC(C)(C)C)C(=O)OC(C)(C)C)nc1C. The van der Waals surface area contributed by atoms with Gasteiger partial charge in [0.2, 0.25) is 5.95 Å². The van der Waals surface area contributed by atoms with Crippen molar-refractivity contribution in [3.63, 3.8) is 0 Å². The quantitative estimate of drug-likeness (QED) is 0.788. The maximum absolute atomic E-state index is 12.6. The van der Waals surface area contributed by atoms with Crippen LogP contribution >= 0.6 is 0 Å². The Kier molecular flexibility index (Phi) is 6.15. The zero-order valence-corrected chi connectivity index (χ0v) is 16.7. The second-order valence-corrected chi connectivity index (χ2v) is 7.82. The second kappa shape index (κ2) is 7.37. The summed E-state index contributed by atoms with van der Waals surface area (Å²) < 4.78 is 10.7. The monoisotopic (exact) mass is 351 g/mol. The number of carbonyl (C=O) groups is 2. The van der Waals surface area contributed by atoms with E-state index >= 15 is 0 Å². The van der Waals surface area contributed by atoms with Crippen LogP contribution in [0.25, 0.3) is 0 Å². The summed E-state index contributed by atoms with van der Waals surface area (Å²) in [5.41, 5.74) is 0.858. The third-order valence-electron chi connectivity index (χ3n) is 3.11. The van der Waals surface area contributed by atoms with Gasteiger partial charge in [-0.3, -0.25) is 0 Å². The van der Waals surface area contributed by atoms with E-state index in [1.54, 1.807) is 41.5 Å². The maximum Gasteiger partial charge on any atom is 0.427 e. The summed E-state index contributed by atoms with van der Waals surface area (Å²) in [6.45, 7) is 15.9. The van der Waals surface area contributed by atoms with E-state index in [0.717, 1.165) is 16.9 Å². The number of carbonyl (C=O) groups excluding carboxylic acids is 2. The van der Waals surface area contributed by atoms with E-state index in [0.29, 0.717) is 11.4 Å². The number of ether oxygens (including phenoxy) is 2.